The van der Waals surface area contributed by atoms with Crippen LogP contribution in [0.1, 0.15) is 34.5 Å². The molecule has 0 heterocycles. The second-order valence-corrected chi connectivity index (χ2v) is 9.55. The van der Waals surface area contributed by atoms with Crippen LogP contribution < -0.4 is 31.4 Å². The predicted molar refractivity (Wildman–Crippen MR) is 164 cm³/mol. The number of carboxylic acid groups (broad SMARTS) is 2. The van der Waals surface area contributed by atoms with Gasteiger partial charge in [-0.05, 0) is 61.0 Å². The fourth-order valence-electron chi connectivity index (χ4n) is 3.55. The zero-order chi connectivity index (χ0) is 35.3. The number of ether oxygens (including phenoxy) is 2. The lowest BCUT2D eigenvalue weighted by Gasteiger charge is -2.22. The van der Waals surface area contributed by atoms with Crippen LogP contribution in [0.2, 0.25) is 0 Å². The van der Waals surface area contributed by atoms with Crippen LogP contribution in [0, 0.1) is 5.41 Å². The third-order valence-corrected chi connectivity index (χ3v) is 5.94. The largest absolute Gasteiger partial charge is 0.490 e. The van der Waals surface area contributed by atoms with E-state index >= 15 is 0 Å². The molecule has 1 unspecified atom stereocenters. The van der Waals surface area contributed by atoms with Crippen molar-refractivity contribution in [2.75, 3.05) is 38.1 Å². The second-order valence-electron chi connectivity index (χ2n) is 9.55. The molecule has 252 valence electrons. The smallest absolute Gasteiger partial charge is 0.490 e. The van der Waals surface area contributed by atoms with Gasteiger partial charge in [0.25, 0.3) is 11.8 Å². The second kappa shape index (κ2) is 16.9. The van der Waals surface area contributed by atoms with Gasteiger partial charge in [0, 0.05) is 25.3 Å². The van der Waals surface area contributed by atoms with E-state index in [0.717, 1.165) is 0 Å². The van der Waals surface area contributed by atoms with Gasteiger partial charge in [0.15, 0.2) is 18.1 Å². The molecule has 0 saturated carbocycles. The van der Waals surface area contributed by atoms with Gasteiger partial charge in [-0.25, -0.2) is 9.59 Å². The first-order valence-corrected chi connectivity index (χ1v) is 13.5. The fraction of sp³-hybridized carbons (Fsp3) is 0.233. The molecule has 47 heavy (non-hydrogen) atoms. The Kier molecular flexibility index (Phi) is 13.4. The molecular formula is C30H33F3N6O8. The van der Waals surface area contributed by atoms with Crippen LogP contribution in [-0.2, 0) is 14.4 Å². The third kappa shape index (κ3) is 11.5. The quantitative estimate of drug-likeness (QED) is 0.0799. The van der Waals surface area contributed by atoms with Crippen molar-refractivity contribution in [3.8, 4) is 11.5 Å². The van der Waals surface area contributed by atoms with Gasteiger partial charge in [-0.1, -0.05) is 18.2 Å². The number of alkyl halides is 3. The third-order valence-electron chi connectivity index (χ3n) is 5.94. The number of hydrogen-bond acceptors (Lipinski definition) is 9. The fourth-order valence-corrected chi connectivity index (χ4v) is 3.55. The van der Waals surface area contributed by atoms with Crippen molar-refractivity contribution in [2.45, 2.75) is 19.1 Å². The van der Waals surface area contributed by atoms with Crippen LogP contribution in [-0.4, -0.2) is 78.2 Å². The maximum atomic E-state index is 13.5. The Morgan fingerprint density at radius 2 is 1.57 bits per heavy atom. The number of aliphatic carboxylic acids is 1. The average molecular weight is 663 g/mol. The number of rotatable bonds is 13. The number of likely N-dealkylation sites (N-methyl/N-ethyl adjacent to an activating group) is 1. The molecule has 0 saturated heterocycles. The number of amidine groups is 1. The van der Waals surface area contributed by atoms with E-state index in [1.807, 2.05) is 0 Å². The highest BCUT2D eigenvalue weighted by Crippen LogP contribution is 2.32. The van der Waals surface area contributed by atoms with Gasteiger partial charge in [0.1, 0.15) is 11.9 Å². The highest BCUT2D eigenvalue weighted by Gasteiger charge is 2.38. The molecule has 0 spiro atoms. The van der Waals surface area contributed by atoms with Gasteiger partial charge in [-0.2, -0.15) is 13.2 Å². The SMILES string of the molecule is CCOc1cc(C(Nc2ccc(C(=N)N)cc2)C(=O)NNc2ccccc2C(=O)O)ccc1OCC(=O)N(C)C.O=C(O)C(F)(F)F. The lowest BCUT2D eigenvalue weighted by Crippen LogP contribution is -2.37. The summed E-state index contributed by atoms with van der Waals surface area (Å²) >= 11 is 0. The molecule has 0 aliphatic carbocycles. The first kappa shape index (κ1) is 37.2. The molecule has 1 atom stereocenters. The van der Waals surface area contributed by atoms with Crippen molar-refractivity contribution >= 4 is 41.0 Å². The number of carboxylic acids is 2. The minimum Gasteiger partial charge on any atom is -0.490 e. The van der Waals surface area contributed by atoms with E-state index in [0.29, 0.717) is 34.9 Å². The summed E-state index contributed by atoms with van der Waals surface area (Å²) in [5.41, 5.74) is 12.6. The first-order valence-electron chi connectivity index (χ1n) is 13.5. The molecule has 3 aromatic rings. The van der Waals surface area contributed by atoms with Gasteiger partial charge in [0.2, 0.25) is 0 Å². The minimum atomic E-state index is -5.08. The number of carbonyl (C=O) groups excluding carboxylic acids is 2. The Morgan fingerprint density at radius 1 is 0.957 bits per heavy atom. The highest BCUT2D eigenvalue weighted by molar-refractivity contribution is 5.96. The van der Waals surface area contributed by atoms with E-state index in [1.165, 1.54) is 17.0 Å². The van der Waals surface area contributed by atoms with Crippen molar-refractivity contribution in [2.24, 2.45) is 5.73 Å². The number of nitrogens with one attached hydrogen (secondary N) is 4. The molecule has 14 nitrogen and oxygen atoms in total. The number of nitrogens with zero attached hydrogens (tertiary/aromatic N) is 1. The van der Waals surface area contributed by atoms with E-state index < -0.39 is 30.1 Å². The normalized spacial score (nSPS) is 11.1. The number of amides is 2. The summed E-state index contributed by atoms with van der Waals surface area (Å²) < 4.78 is 43.1. The van der Waals surface area contributed by atoms with Crippen LogP contribution in [0.25, 0.3) is 0 Å². The zero-order valence-electron chi connectivity index (χ0n) is 25.3. The van der Waals surface area contributed by atoms with Crippen LogP contribution in [0.3, 0.4) is 0 Å². The van der Waals surface area contributed by atoms with Crippen molar-refractivity contribution in [1.82, 2.24) is 10.3 Å². The maximum Gasteiger partial charge on any atom is 0.490 e. The van der Waals surface area contributed by atoms with Crippen LogP contribution in [0.4, 0.5) is 24.5 Å². The summed E-state index contributed by atoms with van der Waals surface area (Å²) in [5.74, 6) is -4.09. The molecule has 0 aliphatic heterocycles. The number of hydrazine groups is 1. The summed E-state index contributed by atoms with van der Waals surface area (Å²) in [7, 11) is 3.25. The maximum absolute atomic E-state index is 13.5. The standard InChI is InChI=1S/C28H32N6O6.C2HF3O2/c1-4-39-23-15-18(11-14-22(23)40-16-24(35)34(2)3)25(31-19-12-9-17(10-13-19)26(29)30)27(36)33-32-21-8-6-5-7-20(21)28(37)38;3-2(4,5)1(6)7/h5-15,25,31-32H,4,16H2,1-3H3,(H3,29,30)(H,33,36)(H,37,38);(H,6,7). The lowest BCUT2D eigenvalue weighted by atomic mass is 10.0. The van der Waals surface area contributed by atoms with Gasteiger partial charge in [-0.15, -0.1) is 0 Å². The predicted octanol–water partition coefficient (Wildman–Crippen LogP) is 3.46. The van der Waals surface area contributed by atoms with Gasteiger partial charge in [-0.3, -0.25) is 25.8 Å². The van der Waals surface area contributed by atoms with Crippen molar-refractivity contribution in [1.29, 1.82) is 5.41 Å². The number of anilines is 2. The monoisotopic (exact) mass is 662 g/mol. The molecule has 0 aliphatic rings. The van der Waals surface area contributed by atoms with E-state index in [9.17, 15) is 32.7 Å². The Morgan fingerprint density at radius 3 is 2.11 bits per heavy atom. The zero-order valence-corrected chi connectivity index (χ0v) is 25.3. The summed E-state index contributed by atoms with van der Waals surface area (Å²) in [6, 6.07) is 16.7. The first-order chi connectivity index (χ1) is 22.0. The Bertz CT molecular complexity index is 1580. The van der Waals surface area contributed by atoms with Crippen LogP contribution in [0.5, 0.6) is 11.5 Å². The molecule has 0 aromatic heterocycles. The number of para-hydroxylation sites is 1. The average Bonchev–Trinajstić information content (AvgIpc) is 3.02. The molecule has 0 fully saturated rings. The molecular weight excluding hydrogens is 629 g/mol. The number of nitrogens with two attached hydrogens (primary N) is 1. The van der Waals surface area contributed by atoms with E-state index in [2.05, 4.69) is 16.2 Å². The minimum absolute atomic E-state index is 0.0143. The molecule has 2 amide bonds. The summed E-state index contributed by atoms with van der Waals surface area (Å²) in [6.45, 7) is 1.92. The summed E-state index contributed by atoms with van der Waals surface area (Å²) in [6.07, 6.45) is -5.08. The summed E-state index contributed by atoms with van der Waals surface area (Å²) in [5, 5.41) is 27.3. The number of nitrogen functional groups attached to an aromatic ring is 1. The number of halogens is 3. The van der Waals surface area contributed by atoms with Gasteiger partial charge < -0.3 is 35.6 Å². The van der Waals surface area contributed by atoms with Crippen LogP contribution >= 0.6 is 0 Å². The van der Waals surface area contributed by atoms with Gasteiger partial charge in [0.05, 0.1) is 17.9 Å². The number of hydrogen-bond donors (Lipinski definition) is 7. The van der Waals surface area contributed by atoms with E-state index in [-0.39, 0.29) is 29.6 Å². The topological polar surface area (TPSA) is 216 Å². The van der Waals surface area contributed by atoms with Crippen molar-refractivity contribution in [3.63, 3.8) is 0 Å². The molecule has 17 heteroatoms. The number of carbonyl (C=O) groups is 4. The number of benzene rings is 3. The van der Waals surface area contributed by atoms with Gasteiger partial charge >= 0.3 is 18.1 Å². The lowest BCUT2D eigenvalue weighted by molar-refractivity contribution is -0.192. The molecule has 3 rings (SSSR count). The molecule has 0 radical (unpaired) electrons. The Hall–Kier alpha value is -6.00. The molecule has 8 N–H and O–H groups in total. The van der Waals surface area contributed by atoms with E-state index in [4.69, 9.17) is 30.5 Å². The van der Waals surface area contributed by atoms with Crippen molar-refractivity contribution < 1.29 is 52.0 Å². The highest BCUT2D eigenvalue weighted by atomic mass is 19.4. The van der Waals surface area contributed by atoms with E-state index in [1.54, 1.807) is 75.6 Å². The van der Waals surface area contributed by atoms with Crippen molar-refractivity contribution in [3.05, 3.63) is 83.4 Å². The Labute approximate surface area is 266 Å². The molecule has 3 aromatic carbocycles. The van der Waals surface area contributed by atoms with Crippen LogP contribution in [0.15, 0.2) is 66.7 Å². The number of aromatic carboxylic acids is 1. The molecule has 0 bridgehead atoms. The Balaban J connectivity index is 0.000000984. The summed E-state index contributed by atoms with van der Waals surface area (Å²) in [4.78, 5) is 47.3.